The summed E-state index contributed by atoms with van der Waals surface area (Å²) >= 11 is 1.50. The number of hydrogen-bond donors (Lipinski definition) is 3. The summed E-state index contributed by atoms with van der Waals surface area (Å²) in [6.45, 7) is 2.66. The minimum atomic E-state index is -0.459. The number of amides is 2. The smallest absolute Gasteiger partial charge is 0.339 e. The molecule has 4 aromatic rings. The van der Waals surface area contributed by atoms with E-state index < -0.39 is 6.03 Å². The number of carbonyl (C=O) groups excluding carboxylic acids is 1. The summed E-state index contributed by atoms with van der Waals surface area (Å²) < 4.78 is 5.48. The van der Waals surface area contributed by atoms with Gasteiger partial charge in [-0.1, -0.05) is 42.5 Å². The van der Waals surface area contributed by atoms with Crippen molar-refractivity contribution in [3.05, 3.63) is 72.1 Å². The highest BCUT2D eigenvalue weighted by molar-refractivity contribution is 7.20. The third kappa shape index (κ3) is 5.10. The molecule has 1 aliphatic heterocycles. The maximum Gasteiger partial charge on any atom is 0.339 e. The number of ether oxygens (including phenoxy) is 1. The molecule has 0 spiro atoms. The Morgan fingerprint density at radius 3 is 2.64 bits per heavy atom. The molecule has 10 nitrogen and oxygen atoms in total. The van der Waals surface area contributed by atoms with Gasteiger partial charge in [0.2, 0.25) is 0 Å². The van der Waals surface area contributed by atoms with E-state index in [1.165, 1.54) is 17.7 Å². The van der Waals surface area contributed by atoms with E-state index in [1.54, 1.807) is 18.3 Å². The van der Waals surface area contributed by atoms with Gasteiger partial charge in [-0.25, -0.2) is 15.2 Å². The molecule has 0 bridgehead atoms. The van der Waals surface area contributed by atoms with E-state index >= 15 is 0 Å². The van der Waals surface area contributed by atoms with Crippen LogP contribution in [0.25, 0.3) is 21.8 Å². The van der Waals surface area contributed by atoms with Gasteiger partial charge in [0.15, 0.2) is 5.82 Å². The highest BCUT2D eigenvalue weighted by atomic mass is 32.1. The normalized spacial score (nSPS) is 13.5. The number of hydrogen-bond acceptors (Lipinski definition) is 8. The Labute approximate surface area is 211 Å². The Morgan fingerprint density at radius 2 is 1.94 bits per heavy atom. The first-order valence-electron chi connectivity index (χ1n) is 11.2. The van der Waals surface area contributed by atoms with E-state index in [9.17, 15) is 10.1 Å². The molecule has 1 saturated heterocycles. The highest BCUT2D eigenvalue weighted by Crippen LogP contribution is 2.46. The van der Waals surface area contributed by atoms with Crippen molar-refractivity contribution < 1.29 is 9.53 Å². The second kappa shape index (κ2) is 10.8. The number of nitriles is 1. The lowest BCUT2D eigenvalue weighted by Gasteiger charge is -2.27. The zero-order valence-corrected chi connectivity index (χ0v) is 20.0. The lowest BCUT2D eigenvalue weighted by Crippen LogP contribution is -2.36. The minimum Gasteiger partial charge on any atom is -0.378 e. The average Bonchev–Trinajstić information content (AvgIpc) is 3.58. The first-order chi connectivity index (χ1) is 17.7. The van der Waals surface area contributed by atoms with Crippen molar-refractivity contribution in [2.75, 3.05) is 36.5 Å². The summed E-state index contributed by atoms with van der Waals surface area (Å²) in [6, 6.07) is 18.7. The summed E-state index contributed by atoms with van der Waals surface area (Å²) in [5.74, 6) is 0.531. The fourth-order valence-electron chi connectivity index (χ4n) is 3.85. The van der Waals surface area contributed by atoms with Crippen LogP contribution in [0.3, 0.4) is 0 Å². The Balaban J connectivity index is 1.37. The molecule has 2 aromatic carbocycles. The number of nitrogens with one attached hydrogen (secondary N) is 3. The lowest BCUT2D eigenvalue weighted by atomic mass is 10.0. The van der Waals surface area contributed by atoms with Gasteiger partial charge in [-0.05, 0) is 23.3 Å². The van der Waals surface area contributed by atoms with Gasteiger partial charge in [0, 0.05) is 24.3 Å². The average molecular weight is 499 g/mol. The minimum absolute atomic E-state index is 0.459. The zero-order valence-electron chi connectivity index (χ0n) is 19.1. The number of morpholine rings is 1. The molecule has 3 heterocycles. The van der Waals surface area contributed by atoms with Crippen LogP contribution >= 0.6 is 11.3 Å². The van der Waals surface area contributed by atoms with Crippen LogP contribution in [0.4, 0.5) is 15.5 Å². The molecule has 1 aliphatic rings. The van der Waals surface area contributed by atoms with Crippen LogP contribution in [0, 0.1) is 11.3 Å². The number of aromatic nitrogens is 3. The van der Waals surface area contributed by atoms with Crippen LogP contribution in [0.2, 0.25) is 0 Å². The molecule has 0 saturated carbocycles. The van der Waals surface area contributed by atoms with Crippen molar-refractivity contribution in [1.29, 1.82) is 5.26 Å². The second-order valence-electron chi connectivity index (χ2n) is 7.83. The van der Waals surface area contributed by atoms with E-state index in [0.29, 0.717) is 43.4 Å². The van der Waals surface area contributed by atoms with Crippen molar-refractivity contribution in [2.45, 2.75) is 0 Å². The molecule has 3 N–H and O–H groups in total. The van der Waals surface area contributed by atoms with Crippen molar-refractivity contribution in [1.82, 2.24) is 20.6 Å². The molecule has 11 heteroatoms. The van der Waals surface area contributed by atoms with Gasteiger partial charge in [-0.2, -0.15) is 15.5 Å². The molecule has 0 unspecified atom stereocenters. The number of urea groups is 1. The maximum absolute atomic E-state index is 12.2. The number of anilines is 2. The Morgan fingerprint density at radius 1 is 1.17 bits per heavy atom. The zero-order chi connectivity index (χ0) is 24.7. The largest absolute Gasteiger partial charge is 0.378 e. The molecule has 0 atom stereocenters. The number of carbonyl (C=O) groups is 1. The Hall–Kier alpha value is -4.53. The van der Waals surface area contributed by atoms with Gasteiger partial charge >= 0.3 is 6.03 Å². The van der Waals surface area contributed by atoms with Crippen LogP contribution in [0.15, 0.2) is 66.0 Å². The molecule has 0 aliphatic carbocycles. The molecule has 2 amide bonds. The van der Waals surface area contributed by atoms with Crippen molar-refractivity contribution in [2.24, 2.45) is 5.10 Å². The molecule has 1 fully saturated rings. The standard InChI is InChI=1S/C25H22N8O2S/c26-14-20-21(22(23-27-16-29-31-23)36-24(20)33-10-12-35-13-11-33)18-6-8-19(9-7-18)30-25(34)32-28-15-17-4-2-1-3-5-17/h1-9,15-16H,10-13H2,(H,27,29,31)(H2,30,32,34)/b28-15+. The molecule has 2 aromatic heterocycles. The van der Waals surface area contributed by atoms with E-state index in [0.717, 1.165) is 26.6 Å². The van der Waals surface area contributed by atoms with E-state index in [2.05, 4.69) is 42.0 Å². The molecular weight excluding hydrogens is 476 g/mol. The van der Waals surface area contributed by atoms with E-state index in [4.69, 9.17) is 4.74 Å². The van der Waals surface area contributed by atoms with Crippen LogP contribution in [0.5, 0.6) is 0 Å². The first-order valence-corrected chi connectivity index (χ1v) is 12.1. The van der Waals surface area contributed by atoms with Gasteiger partial charge < -0.3 is 15.0 Å². The second-order valence-corrected chi connectivity index (χ2v) is 8.83. The van der Waals surface area contributed by atoms with Gasteiger partial charge in [-0.15, -0.1) is 11.3 Å². The highest BCUT2D eigenvalue weighted by Gasteiger charge is 2.26. The molecular formula is C25H22N8O2S. The van der Waals surface area contributed by atoms with Gasteiger partial charge in [0.25, 0.3) is 0 Å². The first kappa shape index (κ1) is 23.2. The van der Waals surface area contributed by atoms with Gasteiger partial charge in [0.1, 0.15) is 17.4 Å². The fraction of sp³-hybridized carbons (Fsp3) is 0.160. The summed E-state index contributed by atoms with van der Waals surface area (Å²) in [5.41, 5.74) is 6.10. The van der Waals surface area contributed by atoms with Gasteiger partial charge in [0.05, 0.1) is 29.9 Å². The van der Waals surface area contributed by atoms with Crippen molar-refractivity contribution in [3.63, 3.8) is 0 Å². The fourth-order valence-corrected chi connectivity index (χ4v) is 5.11. The summed E-state index contributed by atoms with van der Waals surface area (Å²) in [7, 11) is 0. The predicted molar refractivity (Wildman–Crippen MR) is 139 cm³/mol. The topological polar surface area (TPSA) is 131 Å². The quantitative estimate of drug-likeness (QED) is 0.271. The Kier molecular flexibility index (Phi) is 6.98. The lowest BCUT2D eigenvalue weighted by molar-refractivity contribution is 0.123. The number of aromatic amines is 1. The number of thiophene rings is 1. The Bertz CT molecular complexity index is 1390. The number of nitrogens with zero attached hydrogens (tertiary/aromatic N) is 5. The third-order valence-electron chi connectivity index (χ3n) is 5.53. The number of benzene rings is 2. The molecule has 36 heavy (non-hydrogen) atoms. The number of hydrazone groups is 1. The molecule has 0 radical (unpaired) electrons. The van der Waals surface area contributed by atoms with Crippen molar-refractivity contribution >= 4 is 34.3 Å². The predicted octanol–water partition coefficient (Wildman–Crippen LogP) is 4.06. The molecule has 180 valence electrons. The maximum atomic E-state index is 12.2. The van der Waals surface area contributed by atoms with Crippen LogP contribution in [-0.2, 0) is 4.74 Å². The SMILES string of the molecule is N#Cc1c(N2CCOCC2)sc(-c2nc[nH]n2)c1-c1ccc(NC(=O)N/N=C/c2ccccc2)cc1. The number of rotatable bonds is 6. The van der Waals surface area contributed by atoms with Crippen molar-refractivity contribution in [3.8, 4) is 27.9 Å². The number of H-pyrrole nitrogens is 1. The van der Waals surface area contributed by atoms with E-state index in [1.807, 2.05) is 42.5 Å². The summed E-state index contributed by atoms with van der Waals surface area (Å²) in [4.78, 5) is 19.5. The van der Waals surface area contributed by atoms with Crippen LogP contribution < -0.4 is 15.6 Å². The molecule has 5 rings (SSSR count). The van der Waals surface area contributed by atoms with E-state index in [-0.39, 0.29) is 0 Å². The van der Waals surface area contributed by atoms with Gasteiger partial charge in [-0.3, -0.25) is 5.10 Å². The summed E-state index contributed by atoms with van der Waals surface area (Å²) in [6.07, 6.45) is 3.09. The van der Waals surface area contributed by atoms with Crippen LogP contribution in [0.1, 0.15) is 11.1 Å². The summed E-state index contributed by atoms with van der Waals surface area (Å²) in [5, 5.41) is 24.7. The monoisotopic (exact) mass is 498 g/mol. The third-order valence-corrected chi connectivity index (χ3v) is 6.78. The van der Waals surface area contributed by atoms with Crippen LogP contribution in [-0.4, -0.2) is 53.7 Å².